The van der Waals surface area contributed by atoms with Crippen LogP contribution >= 0.6 is 0 Å². The molecule has 0 aromatic heterocycles. The van der Waals surface area contributed by atoms with E-state index in [4.69, 9.17) is 0 Å². The summed E-state index contributed by atoms with van der Waals surface area (Å²) in [6.45, 7) is 10.2. The minimum absolute atomic E-state index is 0.451. The summed E-state index contributed by atoms with van der Waals surface area (Å²) in [4.78, 5) is 0. The van der Waals surface area contributed by atoms with Crippen LogP contribution in [0.25, 0.3) is 0 Å². The van der Waals surface area contributed by atoms with E-state index in [0.717, 1.165) is 12.0 Å². The van der Waals surface area contributed by atoms with E-state index in [-0.39, 0.29) is 0 Å². The van der Waals surface area contributed by atoms with Crippen LogP contribution in [0.3, 0.4) is 0 Å². The minimum atomic E-state index is -3.36. The van der Waals surface area contributed by atoms with E-state index in [9.17, 15) is 8.42 Å². The first-order valence-corrected chi connectivity index (χ1v) is 8.30. The highest BCUT2D eigenvalue weighted by atomic mass is 32.2. The van der Waals surface area contributed by atoms with E-state index < -0.39 is 14.8 Å². The lowest BCUT2D eigenvalue weighted by Gasteiger charge is -2.26. The summed E-state index contributed by atoms with van der Waals surface area (Å²) in [7, 11) is -3.36. The van der Waals surface area contributed by atoms with Crippen molar-refractivity contribution in [2.45, 2.75) is 51.7 Å². The molecule has 1 N–H and O–H groups in total. The van der Waals surface area contributed by atoms with Crippen molar-refractivity contribution in [2.24, 2.45) is 0 Å². The maximum atomic E-state index is 12.3. The summed E-state index contributed by atoms with van der Waals surface area (Å²) in [6.07, 6.45) is 0.793. The largest absolute Gasteiger partial charge is 0.221 e. The van der Waals surface area contributed by atoms with Gasteiger partial charge in [-0.25, -0.2) is 13.1 Å². The van der Waals surface area contributed by atoms with Crippen molar-refractivity contribution >= 4 is 10.0 Å². The van der Waals surface area contributed by atoms with Gasteiger partial charge in [0.05, 0.1) is 0 Å². The van der Waals surface area contributed by atoms with Gasteiger partial charge in [-0.3, -0.25) is 0 Å². The van der Waals surface area contributed by atoms with Gasteiger partial charge < -0.3 is 0 Å². The highest BCUT2D eigenvalue weighted by Crippen LogP contribution is 2.29. The Balaban J connectivity index is 3.05. The van der Waals surface area contributed by atoms with Crippen molar-refractivity contribution in [3.05, 3.63) is 35.4 Å². The second kappa shape index (κ2) is 6.06. The van der Waals surface area contributed by atoms with Crippen molar-refractivity contribution in [3.63, 3.8) is 0 Å². The van der Waals surface area contributed by atoms with Crippen LogP contribution < -0.4 is 4.72 Å². The number of hydrogen-bond acceptors (Lipinski definition) is 2. The van der Waals surface area contributed by atoms with Crippen molar-refractivity contribution in [2.75, 3.05) is 6.54 Å². The van der Waals surface area contributed by atoms with E-state index in [1.807, 2.05) is 31.2 Å². The van der Waals surface area contributed by atoms with Gasteiger partial charge in [-0.05, 0) is 37.3 Å². The summed E-state index contributed by atoms with van der Waals surface area (Å²) in [5.41, 5.74) is 2.04. The zero-order valence-electron chi connectivity index (χ0n) is 12.5. The number of benzene rings is 1. The summed E-state index contributed by atoms with van der Waals surface area (Å²) < 4.78 is 26.4. The molecule has 0 atom stereocenters. The lowest BCUT2D eigenvalue weighted by atomic mass is 9.97. The Bertz CT molecular complexity index is 501. The van der Waals surface area contributed by atoms with E-state index in [1.165, 1.54) is 5.56 Å². The number of sulfonamides is 1. The first-order valence-electron chi connectivity index (χ1n) is 6.82. The Morgan fingerprint density at radius 3 is 2.11 bits per heavy atom. The first kappa shape index (κ1) is 16.2. The number of nitrogens with one attached hydrogen (secondary N) is 1. The monoisotopic (exact) mass is 283 g/mol. The highest BCUT2D eigenvalue weighted by Gasteiger charge is 2.35. The molecule has 108 valence electrons. The lowest BCUT2D eigenvalue weighted by molar-refractivity contribution is 0.539. The van der Waals surface area contributed by atoms with Crippen LogP contribution in [0.2, 0.25) is 0 Å². The normalized spacial score (nSPS) is 12.9. The number of hydrogen-bond donors (Lipinski definition) is 1. The number of rotatable bonds is 6. The maximum Gasteiger partial charge on any atom is 0.221 e. The third-order valence-corrected chi connectivity index (χ3v) is 5.65. The first-order chi connectivity index (χ1) is 8.72. The molecule has 1 rings (SSSR count). The molecule has 1 aromatic carbocycles. The van der Waals surface area contributed by atoms with Crippen LogP contribution in [0.15, 0.2) is 24.3 Å². The fourth-order valence-corrected chi connectivity index (χ4v) is 3.12. The summed E-state index contributed by atoms with van der Waals surface area (Å²) in [5.74, 6) is 0.451. The highest BCUT2D eigenvalue weighted by molar-refractivity contribution is 7.90. The Hall–Kier alpha value is -0.870. The van der Waals surface area contributed by atoms with Gasteiger partial charge in [0, 0.05) is 6.54 Å². The SMILES string of the molecule is CCCNS(=O)(=O)C(C)(C)c1ccc(C(C)C)cc1. The van der Waals surface area contributed by atoms with Gasteiger partial charge in [0.1, 0.15) is 4.75 Å². The zero-order valence-corrected chi connectivity index (χ0v) is 13.3. The van der Waals surface area contributed by atoms with Gasteiger partial charge in [0.25, 0.3) is 0 Å². The predicted octanol–water partition coefficient (Wildman–Crippen LogP) is 3.37. The molecule has 19 heavy (non-hydrogen) atoms. The molecule has 0 unspecified atom stereocenters. The third kappa shape index (κ3) is 3.57. The van der Waals surface area contributed by atoms with Crippen LogP contribution in [0.1, 0.15) is 58.1 Å². The molecule has 0 aliphatic heterocycles. The van der Waals surface area contributed by atoms with Crippen molar-refractivity contribution < 1.29 is 8.42 Å². The topological polar surface area (TPSA) is 46.2 Å². The minimum Gasteiger partial charge on any atom is -0.214 e. The van der Waals surface area contributed by atoms with E-state index in [1.54, 1.807) is 13.8 Å². The molecule has 0 aliphatic rings. The average Bonchev–Trinajstić information content (AvgIpc) is 2.36. The summed E-state index contributed by atoms with van der Waals surface area (Å²) in [5, 5.41) is 0. The second-order valence-corrected chi connectivity index (χ2v) is 8.00. The second-order valence-electron chi connectivity index (χ2n) is 5.68. The van der Waals surface area contributed by atoms with Gasteiger partial charge >= 0.3 is 0 Å². The molecule has 1 aromatic rings. The third-order valence-electron chi connectivity index (χ3n) is 3.49. The molecule has 0 heterocycles. The molecule has 4 heteroatoms. The summed E-state index contributed by atoms with van der Waals surface area (Å²) >= 11 is 0. The van der Waals surface area contributed by atoms with E-state index in [0.29, 0.717) is 12.5 Å². The zero-order chi connectivity index (χ0) is 14.7. The van der Waals surface area contributed by atoms with Crippen molar-refractivity contribution in [3.8, 4) is 0 Å². The van der Waals surface area contributed by atoms with Crippen molar-refractivity contribution in [1.29, 1.82) is 0 Å². The molecular formula is C15H25NO2S. The molecule has 0 amide bonds. The predicted molar refractivity (Wildman–Crippen MR) is 80.8 cm³/mol. The van der Waals surface area contributed by atoms with Crippen LogP contribution in [0.5, 0.6) is 0 Å². The van der Waals surface area contributed by atoms with Crippen LogP contribution in [-0.2, 0) is 14.8 Å². The maximum absolute atomic E-state index is 12.3. The smallest absolute Gasteiger partial charge is 0.214 e. The van der Waals surface area contributed by atoms with E-state index >= 15 is 0 Å². The van der Waals surface area contributed by atoms with Gasteiger partial charge in [-0.15, -0.1) is 0 Å². The van der Waals surface area contributed by atoms with Gasteiger partial charge in [-0.2, -0.15) is 0 Å². The lowest BCUT2D eigenvalue weighted by Crippen LogP contribution is -2.40. The fraction of sp³-hybridized carbons (Fsp3) is 0.600. The van der Waals surface area contributed by atoms with Gasteiger partial charge in [0.15, 0.2) is 0 Å². The molecule has 0 fully saturated rings. The Morgan fingerprint density at radius 2 is 1.68 bits per heavy atom. The quantitative estimate of drug-likeness (QED) is 0.870. The molecule has 0 saturated carbocycles. The molecule has 0 spiro atoms. The standard InChI is InChI=1S/C15H25NO2S/c1-6-11-16-19(17,18)15(4,5)14-9-7-13(8-10-14)12(2)3/h7-10,12,16H,6,11H2,1-5H3. The van der Waals surface area contributed by atoms with Crippen LogP contribution in [0.4, 0.5) is 0 Å². The van der Waals surface area contributed by atoms with Crippen LogP contribution in [0, 0.1) is 0 Å². The van der Waals surface area contributed by atoms with Gasteiger partial charge in [-0.1, -0.05) is 45.0 Å². The Labute approximate surface area is 117 Å². The van der Waals surface area contributed by atoms with E-state index in [2.05, 4.69) is 18.6 Å². The van der Waals surface area contributed by atoms with Crippen molar-refractivity contribution in [1.82, 2.24) is 4.72 Å². The molecule has 0 aliphatic carbocycles. The average molecular weight is 283 g/mol. The Morgan fingerprint density at radius 1 is 1.16 bits per heavy atom. The fourth-order valence-electron chi connectivity index (χ4n) is 1.84. The summed E-state index contributed by atoms with van der Waals surface area (Å²) in [6, 6.07) is 7.86. The molecule has 0 radical (unpaired) electrons. The molecule has 3 nitrogen and oxygen atoms in total. The Kier molecular flexibility index (Phi) is 5.16. The van der Waals surface area contributed by atoms with Gasteiger partial charge in [0.2, 0.25) is 10.0 Å². The molecule has 0 saturated heterocycles. The molecular weight excluding hydrogens is 258 g/mol. The van der Waals surface area contributed by atoms with Crippen LogP contribution in [-0.4, -0.2) is 15.0 Å². The molecule has 0 bridgehead atoms.